The lowest BCUT2D eigenvalue weighted by atomic mass is 10.1. The molecule has 2 aromatic carbocycles. The molecule has 1 N–H and O–H groups in total. The summed E-state index contributed by atoms with van der Waals surface area (Å²) in [4.78, 5) is 22.9. The van der Waals surface area contributed by atoms with Crippen molar-refractivity contribution < 1.29 is 19.4 Å². The molecule has 23 heavy (non-hydrogen) atoms. The van der Waals surface area contributed by atoms with Crippen LogP contribution < -0.4 is 10.4 Å². The third kappa shape index (κ3) is 5.92. The van der Waals surface area contributed by atoms with E-state index in [1.165, 1.54) is 0 Å². The van der Waals surface area contributed by atoms with Gasteiger partial charge < -0.3 is 20.0 Å². The Morgan fingerprint density at radius 2 is 1.52 bits per heavy atom. The minimum absolute atomic E-state index is 0.123. The monoisotopic (exact) mass is 312 g/mol. The number of carboxylic acids is 1. The van der Waals surface area contributed by atoms with E-state index in [-0.39, 0.29) is 13.0 Å². The van der Waals surface area contributed by atoms with Crippen LogP contribution in [-0.2, 0) is 27.5 Å². The maximum absolute atomic E-state index is 11.8. The summed E-state index contributed by atoms with van der Waals surface area (Å²) in [5.41, 5.74) is 1.78. The lowest BCUT2D eigenvalue weighted by molar-refractivity contribution is -0.308. The predicted molar refractivity (Wildman–Crippen MR) is 82.9 cm³/mol. The SMILES string of the molecule is O=C(C[C@H](NCc1ccccc1)C(=O)[O-])OCc1ccccc1. The fraction of sp³-hybridized carbons (Fsp3) is 0.222. The molecule has 120 valence electrons. The van der Waals surface area contributed by atoms with E-state index in [1.54, 1.807) is 0 Å². The van der Waals surface area contributed by atoms with Gasteiger partial charge in [0.2, 0.25) is 0 Å². The number of carboxylic acid groups (broad SMARTS) is 1. The zero-order valence-corrected chi connectivity index (χ0v) is 12.6. The molecule has 0 bridgehead atoms. The van der Waals surface area contributed by atoms with E-state index in [4.69, 9.17) is 4.74 Å². The normalized spacial score (nSPS) is 11.7. The van der Waals surface area contributed by atoms with Gasteiger partial charge in [-0.15, -0.1) is 0 Å². The quantitative estimate of drug-likeness (QED) is 0.737. The van der Waals surface area contributed by atoms with Crippen molar-refractivity contribution in [3.05, 3.63) is 71.8 Å². The summed E-state index contributed by atoms with van der Waals surface area (Å²) in [5, 5.41) is 14.0. The molecule has 0 heterocycles. The number of hydrogen-bond donors (Lipinski definition) is 1. The Labute approximate surface area is 134 Å². The number of esters is 1. The molecule has 5 nitrogen and oxygen atoms in total. The highest BCUT2D eigenvalue weighted by molar-refractivity contribution is 5.80. The summed E-state index contributed by atoms with van der Waals surface area (Å²) < 4.78 is 5.09. The molecule has 0 aliphatic carbocycles. The molecule has 2 rings (SSSR count). The van der Waals surface area contributed by atoms with Crippen LogP contribution in [-0.4, -0.2) is 18.0 Å². The van der Waals surface area contributed by atoms with Crippen LogP contribution >= 0.6 is 0 Å². The van der Waals surface area contributed by atoms with Crippen molar-refractivity contribution in [3.63, 3.8) is 0 Å². The first-order valence-corrected chi connectivity index (χ1v) is 7.33. The molecule has 1 atom stereocenters. The van der Waals surface area contributed by atoms with Gasteiger partial charge in [0, 0.05) is 6.54 Å². The highest BCUT2D eigenvalue weighted by Crippen LogP contribution is 2.04. The number of carbonyl (C=O) groups excluding carboxylic acids is 2. The molecule has 0 aliphatic heterocycles. The van der Waals surface area contributed by atoms with Gasteiger partial charge in [0.1, 0.15) is 6.61 Å². The summed E-state index contributed by atoms with van der Waals surface area (Å²) in [6.45, 7) is 0.462. The molecule has 0 unspecified atom stereocenters. The molecule has 2 aromatic rings. The first-order valence-electron chi connectivity index (χ1n) is 7.33. The summed E-state index contributed by atoms with van der Waals surface area (Å²) in [6.07, 6.45) is -0.276. The number of benzene rings is 2. The molecular weight excluding hydrogens is 294 g/mol. The first-order chi connectivity index (χ1) is 11.1. The zero-order valence-electron chi connectivity index (χ0n) is 12.6. The van der Waals surface area contributed by atoms with Gasteiger partial charge in [0.05, 0.1) is 18.4 Å². The Morgan fingerprint density at radius 3 is 2.09 bits per heavy atom. The number of hydrogen-bond acceptors (Lipinski definition) is 5. The average molecular weight is 312 g/mol. The minimum Gasteiger partial charge on any atom is -0.548 e. The number of ether oxygens (including phenoxy) is 1. The Kier molecular flexibility index (Phi) is 6.32. The fourth-order valence-electron chi connectivity index (χ4n) is 2.04. The van der Waals surface area contributed by atoms with Gasteiger partial charge in [0.15, 0.2) is 0 Å². The maximum Gasteiger partial charge on any atom is 0.308 e. The first kappa shape index (κ1) is 16.7. The Hall–Kier alpha value is -2.66. The van der Waals surface area contributed by atoms with E-state index in [9.17, 15) is 14.7 Å². The molecular formula is C18H18NO4-. The largest absolute Gasteiger partial charge is 0.548 e. The highest BCUT2D eigenvalue weighted by atomic mass is 16.5. The second kappa shape index (κ2) is 8.70. The van der Waals surface area contributed by atoms with Crippen LogP contribution in [0.2, 0.25) is 0 Å². The lowest BCUT2D eigenvalue weighted by Crippen LogP contribution is -2.46. The molecule has 0 fully saturated rings. The van der Waals surface area contributed by atoms with Crippen LogP contribution in [0.4, 0.5) is 0 Å². The van der Waals surface area contributed by atoms with Gasteiger partial charge in [-0.05, 0) is 11.1 Å². The Morgan fingerprint density at radius 1 is 0.957 bits per heavy atom. The lowest BCUT2D eigenvalue weighted by Gasteiger charge is -2.19. The van der Waals surface area contributed by atoms with Crippen LogP contribution in [0.15, 0.2) is 60.7 Å². The Bertz CT molecular complexity index is 628. The van der Waals surface area contributed by atoms with E-state index in [0.717, 1.165) is 11.1 Å². The van der Waals surface area contributed by atoms with Crippen molar-refractivity contribution in [3.8, 4) is 0 Å². The van der Waals surface area contributed by atoms with Gasteiger partial charge in [-0.1, -0.05) is 60.7 Å². The second-order valence-corrected chi connectivity index (χ2v) is 5.09. The van der Waals surface area contributed by atoms with Gasteiger partial charge in [-0.25, -0.2) is 0 Å². The van der Waals surface area contributed by atoms with Gasteiger partial charge in [-0.2, -0.15) is 0 Å². The van der Waals surface area contributed by atoms with Crippen LogP contribution in [0.3, 0.4) is 0 Å². The van der Waals surface area contributed by atoms with Crippen molar-refractivity contribution in [1.82, 2.24) is 5.32 Å². The Balaban J connectivity index is 1.81. The molecule has 0 spiro atoms. The van der Waals surface area contributed by atoms with Crippen LogP contribution in [0.25, 0.3) is 0 Å². The average Bonchev–Trinajstić information content (AvgIpc) is 2.58. The summed E-state index contributed by atoms with van der Waals surface area (Å²) in [7, 11) is 0. The molecule has 5 heteroatoms. The van der Waals surface area contributed by atoms with E-state index in [2.05, 4.69) is 5.32 Å². The fourth-order valence-corrected chi connectivity index (χ4v) is 2.04. The van der Waals surface area contributed by atoms with Crippen molar-refractivity contribution >= 4 is 11.9 Å². The predicted octanol–water partition coefficient (Wildman–Crippen LogP) is 1.03. The molecule has 0 aromatic heterocycles. The molecule has 0 saturated carbocycles. The van der Waals surface area contributed by atoms with Gasteiger partial charge in [0.25, 0.3) is 0 Å². The molecule has 0 amide bonds. The highest BCUT2D eigenvalue weighted by Gasteiger charge is 2.15. The van der Waals surface area contributed by atoms with Crippen LogP contribution in [0.1, 0.15) is 17.5 Å². The van der Waals surface area contributed by atoms with E-state index < -0.39 is 18.0 Å². The zero-order chi connectivity index (χ0) is 16.5. The van der Waals surface area contributed by atoms with Crippen molar-refractivity contribution in [2.75, 3.05) is 0 Å². The van der Waals surface area contributed by atoms with Gasteiger partial charge in [-0.3, -0.25) is 4.79 Å². The molecule has 0 saturated heterocycles. The van der Waals surface area contributed by atoms with Crippen molar-refractivity contribution in [1.29, 1.82) is 0 Å². The maximum atomic E-state index is 11.8. The summed E-state index contributed by atoms with van der Waals surface area (Å²) >= 11 is 0. The summed E-state index contributed by atoms with van der Waals surface area (Å²) in [6, 6.07) is 17.5. The summed E-state index contributed by atoms with van der Waals surface area (Å²) in [5.74, 6) is -1.90. The number of carbonyl (C=O) groups is 2. The van der Waals surface area contributed by atoms with E-state index in [0.29, 0.717) is 6.54 Å². The molecule has 0 radical (unpaired) electrons. The minimum atomic E-state index is -1.32. The third-order valence-corrected chi connectivity index (χ3v) is 3.29. The third-order valence-electron chi connectivity index (χ3n) is 3.29. The topological polar surface area (TPSA) is 78.5 Å². The number of aliphatic carboxylic acids is 1. The second-order valence-electron chi connectivity index (χ2n) is 5.09. The van der Waals surface area contributed by atoms with Crippen molar-refractivity contribution in [2.45, 2.75) is 25.6 Å². The smallest absolute Gasteiger partial charge is 0.308 e. The molecule has 0 aliphatic rings. The van der Waals surface area contributed by atoms with Crippen molar-refractivity contribution in [2.24, 2.45) is 0 Å². The van der Waals surface area contributed by atoms with E-state index >= 15 is 0 Å². The standard InChI is InChI=1S/C18H19NO4/c20-17(23-13-15-9-5-2-6-10-15)11-16(18(21)22)19-12-14-7-3-1-4-8-14/h1-10,16,19H,11-13H2,(H,21,22)/p-1/t16-/m0/s1. The van der Waals surface area contributed by atoms with Crippen LogP contribution in [0, 0.1) is 0 Å². The van der Waals surface area contributed by atoms with Crippen LogP contribution in [0.5, 0.6) is 0 Å². The van der Waals surface area contributed by atoms with Gasteiger partial charge >= 0.3 is 5.97 Å². The number of rotatable bonds is 8. The number of nitrogens with one attached hydrogen (secondary N) is 1. The van der Waals surface area contributed by atoms with E-state index in [1.807, 2.05) is 60.7 Å².